The SMILES string of the molecule is c1cncc(-c2cn3ccsc3n2)c1. The summed E-state index contributed by atoms with van der Waals surface area (Å²) in [4.78, 5) is 9.57. The van der Waals surface area contributed by atoms with Gasteiger partial charge in [-0.1, -0.05) is 0 Å². The van der Waals surface area contributed by atoms with Gasteiger partial charge in [0, 0.05) is 35.7 Å². The van der Waals surface area contributed by atoms with Gasteiger partial charge in [0.05, 0.1) is 5.69 Å². The molecule has 3 aromatic rings. The summed E-state index contributed by atoms with van der Waals surface area (Å²) in [5, 5.41) is 2.02. The number of pyridine rings is 1. The number of hydrogen-bond acceptors (Lipinski definition) is 3. The third-order valence-electron chi connectivity index (χ3n) is 2.05. The number of fused-ring (bicyclic) bond motifs is 1. The van der Waals surface area contributed by atoms with E-state index in [2.05, 4.69) is 9.97 Å². The molecule has 0 radical (unpaired) electrons. The maximum Gasteiger partial charge on any atom is 0.194 e. The minimum atomic E-state index is 0.977. The summed E-state index contributed by atoms with van der Waals surface area (Å²) in [6.07, 6.45) is 7.62. The van der Waals surface area contributed by atoms with E-state index in [0.717, 1.165) is 16.2 Å². The Labute approximate surface area is 84.7 Å². The average Bonchev–Trinajstić information content (AvgIpc) is 2.78. The molecule has 0 saturated carbocycles. The fourth-order valence-electron chi connectivity index (χ4n) is 1.38. The fourth-order valence-corrected chi connectivity index (χ4v) is 2.08. The summed E-state index contributed by atoms with van der Waals surface area (Å²) in [5.41, 5.74) is 2.04. The van der Waals surface area contributed by atoms with Gasteiger partial charge in [-0.2, -0.15) is 0 Å². The molecule has 0 atom stereocenters. The lowest BCUT2D eigenvalue weighted by molar-refractivity contribution is 1.23. The summed E-state index contributed by atoms with van der Waals surface area (Å²) in [5.74, 6) is 0. The fraction of sp³-hybridized carbons (Fsp3) is 0. The number of imidazole rings is 1. The molecule has 0 aliphatic rings. The zero-order valence-corrected chi connectivity index (χ0v) is 8.11. The molecule has 0 aliphatic heterocycles. The van der Waals surface area contributed by atoms with Crippen LogP contribution in [-0.2, 0) is 0 Å². The number of hydrogen-bond donors (Lipinski definition) is 0. The molecule has 0 fully saturated rings. The van der Waals surface area contributed by atoms with Crippen molar-refractivity contribution in [1.82, 2.24) is 14.4 Å². The van der Waals surface area contributed by atoms with Gasteiger partial charge in [-0.15, -0.1) is 11.3 Å². The highest BCUT2D eigenvalue weighted by Crippen LogP contribution is 2.19. The molecule has 3 aromatic heterocycles. The first-order chi connectivity index (χ1) is 6.93. The Bertz CT molecular complexity index is 524. The van der Waals surface area contributed by atoms with Crippen molar-refractivity contribution in [3.8, 4) is 11.3 Å². The molecule has 3 nitrogen and oxygen atoms in total. The quantitative estimate of drug-likeness (QED) is 0.605. The van der Waals surface area contributed by atoms with Gasteiger partial charge in [-0.05, 0) is 12.1 Å². The molecule has 4 heteroatoms. The molecular formula is C10H7N3S. The average molecular weight is 201 g/mol. The van der Waals surface area contributed by atoms with E-state index in [0.29, 0.717) is 0 Å². The van der Waals surface area contributed by atoms with Crippen molar-refractivity contribution in [2.24, 2.45) is 0 Å². The summed E-state index contributed by atoms with van der Waals surface area (Å²) in [7, 11) is 0. The zero-order valence-electron chi connectivity index (χ0n) is 7.29. The van der Waals surface area contributed by atoms with Crippen molar-refractivity contribution >= 4 is 16.3 Å². The van der Waals surface area contributed by atoms with Gasteiger partial charge in [0.25, 0.3) is 0 Å². The zero-order chi connectivity index (χ0) is 9.38. The Balaban J connectivity index is 2.19. The van der Waals surface area contributed by atoms with Crippen molar-refractivity contribution < 1.29 is 0 Å². The molecule has 3 heterocycles. The number of rotatable bonds is 1. The van der Waals surface area contributed by atoms with Crippen LogP contribution in [0.1, 0.15) is 0 Å². The van der Waals surface area contributed by atoms with E-state index >= 15 is 0 Å². The molecule has 0 bridgehead atoms. The van der Waals surface area contributed by atoms with Crippen LogP contribution < -0.4 is 0 Å². The van der Waals surface area contributed by atoms with Crippen LogP contribution in [0.5, 0.6) is 0 Å². The van der Waals surface area contributed by atoms with Crippen molar-refractivity contribution in [3.05, 3.63) is 42.3 Å². The van der Waals surface area contributed by atoms with Crippen LogP contribution in [0, 0.1) is 0 Å². The highest BCUT2D eigenvalue weighted by Gasteiger charge is 2.03. The molecule has 68 valence electrons. The normalized spacial score (nSPS) is 10.9. The van der Waals surface area contributed by atoms with Gasteiger partial charge in [0.15, 0.2) is 4.96 Å². The topological polar surface area (TPSA) is 30.2 Å². The third-order valence-corrected chi connectivity index (χ3v) is 2.82. The van der Waals surface area contributed by atoms with Gasteiger partial charge in [0.1, 0.15) is 0 Å². The molecule has 3 rings (SSSR count). The predicted molar refractivity (Wildman–Crippen MR) is 56.3 cm³/mol. The van der Waals surface area contributed by atoms with Crippen molar-refractivity contribution in [2.75, 3.05) is 0 Å². The number of aromatic nitrogens is 3. The van der Waals surface area contributed by atoms with Gasteiger partial charge < -0.3 is 0 Å². The molecular weight excluding hydrogens is 194 g/mol. The van der Waals surface area contributed by atoms with Crippen molar-refractivity contribution in [3.63, 3.8) is 0 Å². The lowest BCUT2D eigenvalue weighted by Gasteiger charge is -1.91. The highest BCUT2D eigenvalue weighted by molar-refractivity contribution is 7.15. The van der Waals surface area contributed by atoms with Crippen LogP contribution >= 0.6 is 11.3 Å². The highest BCUT2D eigenvalue weighted by atomic mass is 32.1. The molecule has 0 aliphatic carbocycles. The van der Waals surface area contributed by atoms with Crippen LogP contribution in [0.25, 0.3) is 16.2 Å². The van der Waals surface area contributed by atoms with Gasteiger partial charge in [0.2, 0.25) is 0 Å². The monoisotopic (exact) mass is 201 g/mol. The van der Waals surface area contributed by atoms with E-state index in [9.17, 15) is 0 Å². The maximum atomic E-state index is 4.48. The third kappa shape index (κ3) is 1.12. The summed E-state index contributed by atoms with van der Waals surface area (Å²) < 4.78 is 2.02. The molecule has 0 amide bonds. The summed E-state index contributed by atoms with van der Waals surface area (Å²) in [6.45, 7) is 0. The summed E-state index contributed by atoms with van der Waals surface area (Å²) in [6, 6.07) is 3.93. The second kappa shape index (κ2) is 2.92. The minimum Gasteiger partial charge on any atom is -0.297 e. The molecule has 0 unspecified atom stereocenters. The minimum absolute atomic E-state index is 0.977. The van der Waals surface area contributed by atoms with Crippen LogP contribution in [0.3, 0.4) is 0 Å². The van der Waals surface area contributed by atoms with Crippen LogP contribution in [-0.4, -0.2) is 14.4 Å². The number of nitrogens with zero attached hydrogens (tertiary/aromatic N) is 3. The first-order valence-electron chi connectivity index (χ1n) is 4.26. The molecule has 14 heavy (non-hydrogen) atoms. The Hall–Kier alpha value is -1.68. The first kappa shape index (κ1) is 7.70. The van der Waals surface area contributed by atoms with Crippen molar-refractivity contribution in [1.29, 1.82) is 0 Å². The van der Waals surface area contributed by atoms with Crippen molar-refractivity contribution in [2.45, 2.75) is 0 Å². The van der Waals surface area contributed by atoms with E-state index in [1.807, 2.05) is 40.5 Å². The van der Waals surface area contributed by atoms with E-state index in [4.69, 9.17) is 0 Å². The molecule has 0 saturated heterocycles. The Morgan fingerprint density at radius 3 is 3.14 bits per heavy atom. The predicted octanol–water partition coefficient (Wildman–Crippen LogP) is 2.46. The second-order valence-corrected chi connectivity index (χ2v) is 3.83. The van der Waals surface area contributed by atoms with Gasteiger partial charge in [-0.25, -0.2) is 4.98 Å². The van der Waals surface area contributed by atoms with E-state index < -0.39 is 0 Å². The Morgan fingerprint density at radius 2 is 2.36 bits per heavy atom. The van der Waals surface area contributed by atoms with Gasteiger partial charge >= 0.3 is 0 Å². The van der Waals surface area contributed by atoms with Crippen LogP contribution in [0.4, 0.5) is 0 Å². The standard InChI is InChI=1S/C10H7N3S/c1-2-8(6-11-3-1)9-7-13-4-5-14-10(13)12-9/h1-7H. The lowest BCUT2D eigenvalue weighted by Crippen LogP contribution is -1.77. The van der Waals surface area contributed by atoms with Crippen LogP contribution in [0.15, 0.2) is 42.3 Å². The Kier molecular flexibility index (Phi) is 1.61. The smallest absolute Gasteiger partial charge is 0.194 e. The van der Waals surface area contributed by atoms with Gasteiger partial charge in [-0.3, -0.25) is 9.38 Å². The molecule has 0 N–H and O–H groups in total. The first-order valence-corrected chi connectivity index (χ1v) is 5.14. The molecule has 0 spiro atoms. The maximum absolute atomic E-state index is 4.48. The van der Waals surface area contributed by atoms with E-state index in [1.165, 1.54) is 0 Å². The lowest BCUT2D eigenvalue weighted by atomic mass is 10.2. The molecule has 0 aromatic carbocycles. The summed E-state index contributed by atoms with van der Waals surface area (Å²) >= 11 is 1.63. The van der Waals surface area contributed by atoms with Crippen LogP contribution in [0.2, 0.25) is 0 Å². The van der Waals surface area contributed by atoms with E-state index in [1.54, 1.807) is 17.5 Å². The van der Waals surface area contributed by atoms with E-state index in [-0.39, 0.29) is 0 Å². The second-order valence-electron chi connectivity index (χ2n) is 2.96. The largest absolute Gasteiger partial charge is 0.297 e. The Morgan fingerprint density at radius 1 is 1.36 bits per heavy atom. The number of thiazole rings is 1.